The van der Waals surface area contributed by atoms with Gasteiger partial charge in [0.1, 0.15) is 0 Å². The van der Waals surface area contributed by atoms with E-state index in [-0.39, 0.29) is 17.7 Å². The molecule has 0 aromatic rings. The van der Waals surface area contributed by atoms with Crippen LogP contribution in [0.5, 0.6) is 0 Å². The normalized spacial score (nSPS) is 29.1. The highest BCUT2D eigenvalue weighted by molar-refractivity contribution is 5.80. The molecule has 1 aliphatic heterocycles. The fraction of sp³-hybridized carbons (Fsp3) is 0.692. The molecular formula is C13H19NO3. The molecule has 1 aliphatic carbocycles. The van der Waals surface area contributed by atoms with Crippen molar-refractivity contribution in [2.45, 2.75) is 32.1 Å². The van der Waals surface area contributed by atoms with Crippen LogP contribution in [-0.4, -0.2) is 35.0 Å². The molecule has 0 saturated carbocycles. The topological polar surface area (TPSA) is 57.6 Å². The predicted molar refractivity (Wildman–Crippen MR) is 63.4 cm³/mol. The number of allylic oxidation sites excluding steroid dienone is 2. The largest absolute Gasteiger partial charge is 0.481 e. The summed E-state index contributed by atoms with van der Waals surface area (Å²) in [5, 5.41) is 9.00. The van der Waals surface area contributed by atoms with Crippen LogP contribution in [0.2, 0.25) is 0 Å². The first-order valence-corrected chi connectivity index (χ1v) is 6.35. The summed E-state index contributed by atoms with van der Waals surface area (Å²) < 4.78 is 0. The number of carboxylic acid groups (broad SMARTS) is 1. The summed E-state index contributed by atoms with van der Waals surface area (Å²) >= 11 is 0. The van der Waals surface area contributed by atoms with Gasteiger partial charge in [-0.3, -0.25) is 9.59 Å². The number of hydrogen-bond acceptors (Lipinski definition) is 2. The Bertz CT molecular complexity index is 338. The Kier molecular flexibility index (Phi) is 3.82. The highest BCUT2D eigenvalue weighted by atomic mass is 16.4. The molecular weight excluding hydrogens is 218 g/mol. The van der Waals surface area contributed by atoms with E-state index in [0.29, 0.717) is 13.0 Å². The fourth-order valence-corrected chi connectivity index (χ4v) is 2.65. The molecule has 4 heteroatoms. The standard InChI is InChI=1S/C13H19NO3/c15-12(10-5-2-1-3-6-10)14-8-4-7-11(9-14)13(16)17/h1-2,10-11H,3-9H2,(H,16,17)/t10-,11-/m0/s1. The first-order chi connectivity index (χ1) is 8.18. The molecule has 0 bridgehead atoms. The number of aliphatic carboxylic acids is 1. The van der Waals surface area contributed by atoms with Crippen molar-refractivity contribution in [2.24, 2.45) is 11.8 Å². The summed E-state index contributed by atoms with van der Waals surface area (Å²) in [5.74, 6) is -0.911. The molecule has 0 aromatic heterocycles. The predicted octanol–water partition coefficient (Wildman–Crippen LogP) is 1.67. The number of carbonyl (C=O) groups excluding carboxylic acids is 1. The lowest BCUT2D eigenvalue weighted by Crippen LogP contribution is -2.45. The van der Waals surface area contributed by atoms with E-state index < -0.39 is 5.97 Å². The van der Waals surface area contributed by atoms with Crippen LogP contribution in [0.25, 0.3) is 0 Å². The van der Waals surface area contributed by atoms with Gasteiger partial charge in [-0.15, -0.1) is 0 Å². The number of likely N-dealkylation sites (tertiary alicyclic amines) is 1. The molecule has 94 valence electrons. The summed E-state index contributed by atoms with van der Waals surface area (Å²) in [5.41, 5.74) is 0. The van der Waals surface area contributed by atoms with Gasteiger partial charge in [-0.2, -0.15) is 0 Å². The molecule has 1 fully saturated rings. The highest BCUT2D eigenvalue weighted by Gasteiger charge is 2.31. The SMILES string of the molecule is O=C(O)[C@H]1CCCN(C(=O)[C@H]2CC=CCC2)C1. The van der Waals surface area contributed by atoms with Crippen LogP contribution in [0.15, 0.2) is 12.2 Å². The van der Waals surface area contributed by atoms with Crippen LogP contribution < -0.4 is 0 Å². The van der Waals surface area contributed by atoms with Gasteiger partial charge >= 0.3 is 5.97 Å². The Hall–Kier alpha value is -1.32. The number of carboxylic acids is 1. The Morgan fingerprint density at radius 2 is 2.00 bits per heavy atom. The van der Waals surface area contributed by atoms with E-state index in [1.807, 2.05) is 0 Å². The molecule has 0 aromatic carbocycles. The maximum absolute atomic E-state index is 12.2. The molecule has 0 spiro atoms. The van der Waals surface area contributed by atoms with Crippen LogP contribution in [0.3, 0.4) is 0 Å². The summed E-state index contributed by atoms with van der Waals surface area (Å²) in [6, 6.07) is 0. The summed E-state index contributed by atoms with van der Waals surface area (Å²) in [4.78, 5) is 24.9. The van der Waals surface area contributed by atoms with Crippen molar-refractivity contribution in [1.29, 1.82) is 0 Å². The van der Waals surface area contributed by atoms with Gasteiger partial charge in [-0.1, -0.05) is 12.2 Å². The molecule has 0 unspecified atom stereocenters. The molecule has 4 nitrogen and oxygen atoms in total. The zero-order valence-corrected chi connectivity index (χ0v) is 9.97. The maximum Gasteiger partial charge on any atom is 0.308 e. The number of piperidine rings is 1. The lowest BCUT2D eigenvalue weighted by molar-refractivity contribution is -0.146. The highest BCUT2D eigenvalue weighted by Crippen LogP contribution is 2.24. The molecule has 1 saturated heterocycles. The first kappa shape index (κ1) is 12.1. The molecule has 2 atom stereocenters. The van der Waals surface area contributed by atoms with E-state index >= 15 is 0 Å². The number of carbonyl (C=O) groups is 2. The van der Waals surface area contributed by atoms with Crippen molar-refractivity contribution in [3.8, 4) is 0 Å². The van der Waals surface area contributed by atoms with Crippen LogP contribution in [0.4, 0.5) is 0 Å². The smallest absolute Gasteiger partial charge is 0.308 e. The van der Waals surface area contributed by atoms with Gasteiger partial charge in [0.05, 0.1) is 5.92 Å². The van der Waals surface area contributed by atoms with Gasteiger partial charge in [0.25, 0.3) is 0 Å². The van der Waals surface area contributed by atoms with Gasteiger partial charge in [0, 0.05) is 19.0 Å². The quantitative estimate of drug-likeness (QED) is 0.743. The Balaban J connectivity index is 1.94. The molecule has 1 heterocycles. The molecule has 2 aliphatic rings. The van der Waals surface area contributed by atoms with Crippen molar-refractivity contribution in [3.05, 3.63) is 12.2 Å². The average Bonchev–Trinajstić information content (AvgIpc) is 2.39. The third kappa shape index (κ3) is 2.87. The second-order valence-corrected chi connectivity index (χ2v) is 4.94. The second-order valence-electron chi connectivity index (χ2n) is 4.94. The maximum atomic E-state index is 12.2. The third-order valence-corrected chi connectivity index (χ3v) is 3.70. The summed E-state index contributed by atoms with van der Waals surface area (Å²) in [6.45, 7) is 1.12. The number of nitrogens with zero attached hydrogens (tertiary/aromatic N) is 1. The summed E-state index contributed by atoms with van der Waals surface area (Å²) in [6.07, 6.45) is 8.36. The van der Waals surface area contributed by atoms with Gasteiger partial charge < -0.3 is 10.0 Å². The van der Waals surface area contributed by atoms with Gasteiger partial charge in [0.2, 0.25) is 5.91 Å². The van der Waals surface area contributed by atoms with Crippen LogP contribution in [0, 0.1) is 11.8 Å². The van der Waals surface area contributed by atoms with Crippen LogP contribution in [-0.2, 0) is 9.59 Å². The van der Waals surface area contributed by atoms with E-state index in [2.05, 4.69) is 12.2 Å². The van der Waals surface area contributed by atoms with Gasteiger partial charge in [-0.05, 0) is 32.1 Å². The number of amides is 1. The third-order valence-electron chi connectivity index (χ3n) is 3.70. The molecule has 1 amide bonds. The Morgan fingerprint density at radius 3 is 2.65 bits per heavy atom. The summed E-state index contributed by atoms with van der Waals surface area (Å²) in [7, 11) is 0. The van der Waals surface area contributed by atoms with E-state index in [1.54, 1.807) is 4.90 Å². The van der Waals surface area contributed by atoms with Crippen LogP contribution >= 0.6 is 0 Å². The van der Waals surface area contributed by atoms with E-state index in [4.69, 9.17) is 5.11 Å². The minimum absolute atomic E-state index is 0.0764. The number of rotatable bonds is 2. The van der Waals surface area contributed by atoms with Crippen molar-refractivity contribution >= 4 is 11.9 Å². The van der Waals surface area contributed by atoms with Crippen molar-refractivity contribution < 1.29 is 14.7 Å². The first-order valence-electron chi connectivity index (χ1n) is 6.35. The lowest BCUT2D eigenvalue weighted by Gasteiger charge is -2.33. The number of hydrogen-bond donors (Lipinski definition) is 1. The molecule has 1 N–H and O–H groups in total. The molecule has 0 radical (unpaired) electrons. The van der Waals surface area contributed by atoms with Crippen molar-refractivity contribution in [1.82, 2.24) is 4.90 Å². The van der Waals surface area contributed by atoms with Gasteiger partial charge in [0.15, 0.2) is 0 Å². The second kappa shape index (κ2) is 5.34. The molecule has 2 rings (SSSR count). The van der Waals surface area contributed by atoms with E-state index in [9.17, 15) is 9.59 Å². The van der Waals surface area contributed by atoms with E-state index in [0.717, 1.165) is 32.2 Å². The Morgan fingerprint density at radius 1 is 1.18 bits per heavy atom. The van der Waals surface area contributed by atoms with Crippen LogP contribution in [0.1, 0.15) is 32.1 Å². The van der Waals surface area contributed by atoms with Gasteiger partial charge in [-0.25, -0.2) is 0 Å². The Labute approximate surface area is 101 Å². The minimum atomic E-state index is -0.772. The van der Waals surface area contributed by atoms with Crippen molar-refractivity contribution in [3.63, 3.8) is 0 Å². The fourth-order valence-electron chi connectivity index (χ4n) is 2.65. The minimum Gasteiger partial charge on any atom is -0.481 e. The monoisotopic (exact) mass is 237 g/mol. The average molecular weight is 237 g/mol. The zero-order valence-electron chi connectivity index (χ0n) is 9.97. The van der Waals surface area contributed by atoms with Crippen molar-refractivity contribution in [2.75, 3.05) is 13.1 Å². The van der Waals surface area contributed by atoms with E-state index in [1.165, 1.54) is 0 Å². The molecule has 17 heavy (non-hydrogen) atoms. The zero-order chi connectivity index (χ0) is 12.3. The lowest BCUT2D eigenvalue weighted by atomic mass is 9.91.